The van der Waals surface area contributed by atoms with Gasteiger partial charge in [0.1, 0.15) is 0 Å². The summed E-state index contributed by atoms with van der Waals surface area (Å²) in [5.74, 6) is 0. The quantitative estimate of drug-likeness (QED) is 0.625. The minimum Gasteiger partial charge on any atom is -0.376 e. The van der Waals surface area contributed by atoms with E-state index >= 15 is 0 Å². The zero-order valence-corrected chi connectivity index (χ0v) is 17.9. The maximum Gasteiger partial charge on any atom is 0.170 e. The summed E-state index contributed by atoms with van der Waals surface area (Å²) in [5.41, 5.74) is 4.62. The molecule has 3 atom stereocenters. The zero-order chi connectivity index (χ0) is 20.5. The van der Waals surface area contributed by atoms with Gasteiger partial charge in [0.05, 0.1) is 23.9 Å². The predicted molar refractivity (Wildman–Crippen MR) is 122 cm³/mol. The monoisotopic (exact) mass is 418 g/mol. The minimum atomic E-state index is -0.0160. The Kier molecular flexibility index (Phi) is 5.27. The smallest absolute Gasteiger partial charge is 0.170 e. The second kappa shape index (κ2) is 8.20. The van der Waals surface area contributed by atoms with Crippen molar-refractivity contribution in [3.8, 4) is 5.69 Å². The van der Waals surface area contributed by atoms with Crippen LogP contribution in [0.4, 0.5) is 0 Å². The fourth-order valence-corrected chi connectivity index (χ4v) is 4.93. The SMILES string of the molecule is Cc1ccccc1-n1cccc1[C@@H]1[C@H](c2ccccn2)NC(=S)N1C[C@@H]1CCCO1. The number of pyridine rings is 1. The first kappa shape index (κ1) is 19.3. The number of para-hydroxylation sites is 1. The molecule has 2 aliphatic rings. The van der Waals surface area contributed by atoms with E-state index in [1.165, 1.54) is 16.9 Å². The number of nitrogens with one attached hydrogen (secondary N) is 1. The van der Waals surface area contributed by atoms with Crippen LogP contribution in [-0.2, 0) is 4.74 Å². The Morgan fingerprint density at radius 1 is 1.13 bits per heavy atom. The zero-order valence-electron chi connectivity index (χ0n) is 17.1. The number of nitrogens with zero attached hydrogens (tertiary/aromatic N) is 3. The molecule has 30 heavy (non-hydrogen) atoms. The van der Waals surface area contributed by atoms with E-state index in [0.717, 1.165) is 36.8 Å². The number of thiocarbonyl (C=S) groups is 1. The van der Waals surface area contributed by atoms with Crippen LogP contribution in [0, 0.1) is 6.92 Å². The van der Waals surface area contributed by atoms with Gasteiger partial charge in [-0.15, -0.1) is 0 Å². The topological polar surface area (TPSA) is 42.3 Å². The van der Waals surface area contributed by atoms with Gasteiger partial charge >= 0.3 is 0 Å². The van der Waals surface area contributed by atoms with E-state index in [0.29, 0.717) is 0 Å². The van der Waals surface area contributed by atoms with Gasteiger partial charge in [-0.25, -0.2) is 0 Å². The average molecular weight is 419 g/mol. The minimum absolute atomic E-state index is 0.0160. The molecule has 2 saturated heterocycles. The highest BCUT2D eigenvalue weighted by Gasteiger charge is 2.42. The molecule has 3 aromatic rings. The molecule has 5 rings (SSSR count). The highest BCUT2D eigenvalue weighted by molar-refractivity contribution is 7.80. The van der Waals surface area contributed by atoms with Crippen LogP contribution in [0.15, 0.2) is 67.0 Å². The molecule has 1 N–H and O–H groups in total. The lowest BCUT2D eigenvalue weighted by Gasteiger charge is -2.30. The van der Waals surface area contributed by atoms with Crippen LogP contribution in [0.25, 0.3) is 5.69 Å². The summed E-state index contributed by atoms with van der Waals surface area (Å²) in [7, 11) is 0. The van der Waals surface area contributed by atoms with Crippen molar-refractivity contribution in [1.82, 2.24) is 19.8 Å². The fraction of sp³-hybridized carbons (Fsp3) is 0.333. The van der Waals surface area contributed by atoms with Crippen molar-refractivity contribution in [2.45, 2.75) is 38.0 Å². The number of aromatic nitrogens is 2. The lowest BCUT2D eigenvalue weighted by molar-refractivity contribution is 0.0836. The maximum absolute atomic E-state index is 5.95. The fourth-order valence-electron chi connectivity index (χ4n) is 4.62. The van der Waals surface area contributed by atoms with E-state index in [9.17, 15) is 0 Å². The Morgan fingerprint density at radius 2 is 2.00 bits per heavy atom. The molecule has 0 aliphatic carbocycles. The molecule has 0 bridgehead atoms. The summed E-state index contributed by atoms with van der Waals surface area (Å²) in [6.07, 6.45) is 6.40. The number of aryl methyl sites for hydroxylation is 1. The van der Waals surface area contributed by atoms with Crippen molar-refractivity contribution >= 4 is 17.3 Å². The van der Waals surface area contributed by atoms with Gasteiger partial charge in [-0.1, -0.05) is 24.3 Å². The Balaban J connectivity index is 1.58. The Bertz CT molecular complexity index is 1030. The van der Waals surface area contributed by atoms with Crippen molar-refractivity contribution in [1.29, 1.82) is 0 Å². The summed E-state index contributed by atoms with van der Waals surface area (Å²) < 4.78 is 8.24. The van der Waals surface area contributed by atoms with Gasteiger partial charge in [0.2, 0.25) is 0 Å². The molecule has 0 saturated carbocycles. The molecule has 1 aromatic carbocycles. The lowest BCUT2D eigenvalue weighted by atomic mass is 10.0. The van der Waals surface area contributed by atoms with Crippen LogP contribution < -0.4 is 5.32 Å². The molecule has 0 unspecified atom stereocenters. The summed E-state index contributed by atoms with van der Waals surface area (Å²) >= 11 is 5.81. The molecular weight excluding hydrogens is 392 g/mol. The first-order valence-electron chi connectivity index (χ1n) is 10.6. The highest BCUT2D eigenvalue weighted by Crippen LogP contribution is 2.40. The van der Waals surface area contributed by atoms with Crippen LogP contribution in [0.2, 0.25) is 0 Å². The van der Waals surface area contributed by atoms with Gasteiger partial charge in [-0.2, -0.15) is 0 Å². The lowest BCUT2D eigenvalue weighted by Crippen LogP contribution is -2.36. The molecule has 6 heteroatoms. The van der Waals surface area contributed by atoms with E-state index < -0.39 is 0 Å². The van der Waals surface area contributed by atoms with Gasteiger partial charge in [-0.3, -0.25) is 4.98 Å². The number of hydrogen-bond acceptors (Lipinski definition) is 3. The molecule has 4 heterocycles. The molecule has 2 aromatic heterocycles. The third-order valence-corrected chi connectivity index (χ3v) is 6.43. The van der Waals surface area contributed by atoms with Crippen LogP contribution >= 0.6 is 12.2 Å². The van der Waals surface area contributed by atoms with Crippen molar-refractivity contribution in [3.05, 3.63) is 83.9 Å². The van der Waals surface area contributed by atoms with E-state index in [2.05, 4.69) is 75.4 Å². The van der Waals surface area contributed by atoms with Crippen LogP contribution in [0.3, 0.4) is 0 Å². The largest absolute Gasteiger partial charge is 0.376 e. The Morgan fingerprint density at radius 3 is 2.77 bits per heavy atom. The van der Waals surface area contributed by atoms with E-state index in [1.807, 2.05) is 18.3 Å². The van der Waals surface area contributed by atoms with E-state index in [4.69, 9.17) is 17.0 Å². The van der Waals surface area contributed by atoms with Gasteiger partial charge in [0.15, 0.2) is 5.11 Å². The van der Waals surface area contributed by atoms with Crippen LogP contribution in [-0.4, -0.2) is 38.8 Å². The molecule has 2 fully saturated rings. The normalized spacial score (nSPS) is 23.7. The van der Waals surface area contributed by atoms with E-state index in [1.54, 1.807) is 0 Å². The summed E-state index contributed by atoms with van der Waals surface area (Å²) in [5, 5.41) is 4.32. The molecular formula is C24H26N4OS. The van der Waals surface area contributed by atoms with Crippen LogP contribution in [0.1, 0.15) is 41.9 Å². The summed E-state index contributed by atoms with van der Waals surface area (Å²) in [4.78, 5) is 6.95. The van der Waals surface area contributed by atoms with Crippen molar-refractivity contribution in [3.63, 3.8) is 0 Å². The number of rotatable bonds is 5. The highest BCUT2D eigenvalue weighted by atomic mass is 32.1. The first-order valence-corrected chi connectivity index (χ1v) is 11.0. The molecule has 5 nitrogen and oxygen atoms in total. The van der Waals surface area contributed by atoms with Crippen molar-refractivity contribution < 1.29 is 4.74 Å². The summed E-state index contributed by atoms with van der Waals surface area (Å²) in [6.45, 7) is 3.78. The second-order valence-electron chi connectivity index (χ2n) is 8.00. The second-order valence-corrected chi connectivity index (χ2v) is 8.39. The third kappa shape index (κ3) is 3.50. The van der Waals surface area contributed by atoms with Crippen LogP contribution in [0.5, 0.6) is 0 Å². The summed E-state index contributed by atoms with van der Waals surface area (Å²) in [6, 6.07) is 18.9. The third-order valence-electron chi connectivity index (χ3n) is 6.08. The molecule has 0 spiro atoms. The number of hydrogen-bond donors (Lipinski definition) is 1. The van der Waals surface area contributed by atoms with Gasteiger partial charge in [0, 0.05) is 36.9 Å². The predicted octanol–water partition coefficient (Wildman–Crippen LogP) is 4.33. The maximum atomic E-state index is 5.95. The van der Waals surface area contributed by atoms with Gasteiger partial charge in [-0.05, 0) is 67.9 Å². The average Bonchev–Trinajstić information content (AvgIpc) is 3.51. The van der Waals surface area contributed by atoms with Gasteiger partial charge < -0.3 is 19.5 Å². The first-order chi connectivity index (χ1) is 14.7. The van der Waals surface area contributed by atoms with Crippen molar-refractivity contribution in [2.75, 3.05) is 13.2 Å². The van der Waals surface area contributed by atoms with E-state index in [-0.39, 0.29) is 18.2 Å². The molecule has 0 amide bonds. The number of benzene rings is 1. The molecule has 154 valence electrons. The van der Waals surface area contributed by atoms with Gasteiger partial charge in [0.25, 0.3) is 0 Å². The molecule has 2 aliphatic heterocycles. The Labute approximate surface area is 182 Å². The number of ether oxygens (including phenoxy) is 1. The van der Waals surface area contributed by atoms with Crippen molar-refractivity contribution in [2.24, 2.45) is 0 Å². The molecule has 0 radical (unpaired) electrons. The Hall–Kier alpha value is -2.70. The standard InChI is InChI=1S/C24H26N4OS/c1-17-8-2-3-11-20(17)27-14-6-12-21(27)23-22(19-10-4-5-13-25-19)26-24(30)28(23)16-18-9-7-15-29-18/h2-6,8,10-14,18,22-23H,7,9,15-16H2,1H3,(H,26,30)/t18-,22-,23+/m0/s1.